The first kappa shape index (κ1) is 14.2. The molecule has 0 bridgehead atoms. The van der Waals surface area contributed by atoms with E-state index in [2.05, 4.69) is 0 Å². The Balaban J connectivity index is 2.19. The Hall–Kier alpha value is -0.250. The van der Waals surface area contributed by atoms with Crippen molar-refractivity contribution in [3.05, 3.63) is 28.2 Å². The Morgan fingerprint density at radius 2 is 1.89 bits per heavy atom. The molecule has 2 atom stereocenters. The molecule has 4 nitrogen and oxygen atoms in total. The molecule has 0 spiro atoms. The molecule has 7 heteroatoms. The van der Waals surface area contributed by atoms with E-state index in [9.17, 15) is 4.57 Å². The number of benzene rings is 1. The number of halogens is 2. The van der Waals surface area contributed by atoms with E-state index < -0.39 is 7.82 Å². The lowest BCUT2D eigenvalue weighted by molar-refractivity contribution is 0.0217. The average molecular weight is 311 g/mol. The van der Waals surface area contributed by atoms with Crippen LogP contribution in [-0.2, 0) is 13.6 Å². The van der Waals surface area contributed by atoms with Crippen LogP contribution in [-0.4, -0.2) is 12.2 Å². The number of rotatable bonds is 2. The molecule has 0 N–H and O–H groups in total. The topological polar surface area (TPSA) is 44.8 Å². The van der Waals surface area contributed by atoms with Crippen LogP contribution in [0.2, 0.25) is 10.0 Å². The molecule has 1 aromatic carbocycles. The minimum Gasteiger partial charge on any atom is -0.402 e. The number of phosphoric ester groups is 1. The largest absolute Gasteiger partial charge is 0.530 e. The first-order valence-electron chi connectivity index (χ1n) is 5.49. The van der Waals surface area contributed by atoms with Crippen LogP contribution in [0.4, 0.5) is 0 Å². The molecule has 1 aliphatic heterocycles. The van der Waals surface area contributed by atoms with Crippen LogP contribution >= 0.6 is 31.0 Å². The van der Waals surface area contributed by atoms with Gasteiger partial charge in [-0.05, 0) is 32.0 Å². The maximum Gasteiger partial charge on any atom is 0.530 e. The van der Waals surface area contributed by atoms with E-state index in [-0.39, 0.29) is 23.0 Å². The van der Waals surface area contributed by atoms with Crippen LogP contribution < -0.4 is 4.52 Å². The highest BCUT2D eigenvalue weighted by Crippen LogP contribution is 2.56. The molecule has 0 unspecified atom stereocenters. The zero-order chi connectivity index (χ0) is 13.3. The summed E-state index contributed by atoms with van der Waals surface area (Å²) < 4.78 is 28.1. The molecule has 1 saturated heterocycles. The third-order valence-electron chi connectivity index (χ3n) is 2.39. The molecule has 100 valence electrons. The Morgan fingerprint density at radius 1 is 1.28 bits per heavy atom. The summed E-state index contributed by atoms with van der Waals surface area (Å²) in [5.74, 6) is 0.228. The van der Waals surface area contributed by atoms with Gasteiger partial charge >= 0.3 is 7.82 Å². The second-order valence-corrected chi connectivity index (χ2v) is 6.52. The van der Waals surface area contributed by atoms with Crippen molar-refractivity contribution in [2.75, 3.05) is 0 Å². The summed E-state index contributed by atoms with van der Waals surface area (Å²) in [6, 6.07) is 4.62. The second-order valence-electron chi connectivity index (χ2n) is 4.18. The summed E-state index contributed by atoms with van der Waals surface area (Å²) >= 11 is 11.7. The van der Waals surface area contributed by atoms with Crippen molar-refractivity contribution in [2.45, 2.75) is 32.5 Å². The van der Waals surface area contributed by atoms with E-state index in [0.29, 0.717) is 11.4 Å². The quantitative estimate of drug-likeness (QED) is 0.743. The molecule has 2 rings (SSSR count). The maximum absolute atomic E-state index is 12.3. The van der Waals surface area contributed by atoms with Crippen LogP contribution in [0.1, 0.15) is 20.3 Å². The minimum absolute atomic E-state index is 0.189. The molecular weight excluding hydrogens is 298 g/mol. The summed E-state index contributed by atoms with van der Waals surface area (Å²) in [6.07, 6.45) is 0.290. The van der Waals surface area contributed by atoms with E-state index in [1.54, 1.807) is 6.07 Å². The zero-order valence-electron chi connectivity index (χ0n) is 9.93. The summed E-state index contributed by atoms with van der Waals surface area (Å²) in [4.78, 5) is 0. The van der Waals surface area contributed by atoms with Gasteiger partial charge in [0.1, 0.15) is 5.75 Å². The first-order valence-corrected chi connectivity index (χ1v) is 7.71. The van der Waals surface area contributed by atoms with E-state index in [1.165, 1.54) is 12.1 Å². The highest BCUT2D eigenvalue weighted by Gasteiger charge is 2.39. The van der Waals surface area contributed by atoms with Crippen molar-refractivity contribution in [3.8, 4) is 5.75 Å². The molecule has 18 heavy (non-hydrogen) atoms. The van der Waals surface area contributed by atoms with Crippen molar-refractivity contribution >= 4 is 31.0 Å². The maximum atomic E-state index is 12.3. The van der Waals surface area contributed by atoms with Gasteiger partial charge in [0.05, 0.1) is 17.2 Å². The molecule has 0 amide bonds. The van der Waals surface area contributed by atoms with Gasteiger partial charge in [0.2, 0.25) is 0 Å². The normalized spacial score (nSPS) is 32.2. The third kappa shape index (κ3) is 3.40. The molecule has 0 aliphatic carbocycles. The van der Waals surface area contributed by atoms with Crippen molar-refractivity contribution in [3.63, 3.8) is 0 Å². The van der Waals surface area contributed by atoms with Gasteiger partial charge in [-0.3, -0.25) is 9.05 Å². The highest BCUT2D eigenvalue weighted by molar-refractivity contribution is 7.49. The minimum atomic E-state index is -3.62. The fourth-order valence-electron chi connectivity index (χ4n) is 1.73. The first-order chi connectivity index (χ1) is 8.38. The van der Waals surface area contributed by atoms with E-state index >= 15 is 0 Å². The smallest absolute Gasteiger partial charge is 0.402 e. The van der Waals surface area contributed by atoms with Gasteiger partial charge in [-0.15, -0.1) is 0 Å². The van der Waals surface area contributed by atoms with Crippen molar-refractivity contribution in [2.24, 2.45) is 0 Å². The van der Waals surface area contributed by atoms with Crippen molar-refractivity contribution in [1.82, 2.24) is 0 Å². The monoisotopic (exact) mass is 310 g/mol. The molecule has 1 aromatic rings. The van der Waals surface area contributed by atoms with E-state index in [0.717, 1.165) is 0 Å². The van der Waals surface area contributed by atoms with Gasteiger partial charge < -0.3 is 4.52 Å². The molecule has 0 saturated carbocycles. The molecule has 0 radical (unpaired) electrons. The van der Waals surface area contributed by atoms with Crippen LogP contribution in [0.3, 0.4) is 0 Å². The molecule has 1 fully saturated rings. The lowest BCUT2D eigenvalue weighted by Gasteiger charge is -2.30. The van der Waals surface area contributed by atoms with Crippen molar-refractivity contribution < 1.29 is 18.1 Å². The fourth-order valence-corrected chi connectivity index (χ4v) is 3.82. The second kappa shape index (κ2) is 5.40. The predicted octanol–water partition coefficient (Wildman–Crippen LogP) is 4.69. The zero-order valence-corrected chi connectivity index (χ0v) is 12.3. The number of hydrogen-bond acceptors (Lipinski definition) is 4. The summed E-state index contributed by atoms with van der Waals surface area (Å²) in [5.41, 5.74) is 0. The standard InChI is InChI=1S/C11H13Cl2O4P/c1-7-5-8(2)16-18(14,15-7)17-11-4-3-9(12)6-10(11)13/h3-4,6-8H,5H2,1-2H3/t7-,8-/m0/s1. The van der Waals surface area contributed by atoms with Gasteiger partial charge in [0.25, 0.3) is 0 Å². The van der Waals surface area contributed by atoms with Crippen LogP contribution in [0.5, 0.6) is 5.75 Å². The summed E-state index contributed by atoms with van der Waals surface area (Å²) in [7, 11) is -3.62. The van der Waals surface area contributed by atoms with Crippen LogP contribution in [0.15, 0.2) is 18.2 Å². The number of phosphoric acid groups is 1. The fraction of sp³-hybridized carbons (Fsp3) is 0.455. The lowest BCUT2D eigenvalue weighted by Crippen LogP contribution is -2.25. The Labute approximate surface area is 116 Å². The molecule has 0 aromatic heterocycles. The van der Waals surface area contributed by atoms with Crippen molar-refractivity contribution in [1.29, 1.82) is 0 Å². The van der Waals surface area contributed by atoms with Crippen LogP contribution in [0, 0.1) is 0 Å². The van der Waals surface area contributed by atoms with E-state index in [1.807, 2.05) is 13.8 Å². The number of hydrogen-bond donors (Lipinski definition) is 0. The SMILES string of the molecule is C[C@H]1C[C@H](C)OP(=O)(Oc2ccc(Cl)cc2Cl)O1. The highest BCUT2D eigenvalue weighted by atomic mass is 35.5. The third-order valence-corrected chi connectivity index (χ3v) is 4.57. The van der Waals surface area contributed by atoms with E-state index in [4.69, 9.17) is 36.8 Å². The Kier molecular flexibility index (Phi) is 4.25. The predicted molar refractivity (Wildman–Crippen MR) is 70.4 cm³/mol. The molecular formula is C11H13Cl2O4P. The van der Waals surface area contributed by atoms with Gasteiger partial charge in [0, 0.05) is 11.4 Å². The molecule has 1 heterocycles. The summed E-state index contributed by atoms with van der Waals surface area (Å²) in [5, 5.41) is 0.730. The van der Waals surface area contributed by atoms with Gasteiger partial charge in [-0.1, -0.05) is 23.2 Å². The Bertz CT molecular complexity index is 480. The van der Waals surface area contributed by atoms with Crippen LogP contribution in [0.25, 0.3) is 0 Å². The Morgan fingerprint density at radius 3 is 2.44 bits per heavy atom. The van der Waals surface area contributed by atoms with Gasteiger partial charge in [0.15, 0.2) is 0 Å². The average Bonchev–Trinajstić information content (AvgIpc) is 2.20. The van der Waals surface area contributed by atoms with Gasteiger partial charge in [-0.2, -0.15) is 0 Å². The molecule has 1 aliphatic rings. The van der Waals surface area contributed by atoms with Gasteiger partial charge in [-0.25, -0.2) is 4.57 Å². The summed E-state index contributed by atoms with van der Waals surface area (Å²) in [6.45, 7) is 3.64. The lowest BCUT2D eigenvalue weighted by atomic mass is 10.2.